The molecule has 0 aromatic carbocycles. The highest BCUT2D eigenvalue weighted by atomic mass is 16.5. The summed E-state index contributed by atoms with van der Waals surface area (Å²) in [6, 6.07) is 0.750. The molecule has 0 radical (unpaired) electrons. The summed E-state index contributed by atoms with van der Waals surface area (Å²) in [4.78, 5) is 2.38. The minimum absolute atomic E-state index is 0.574. The van der Waals surface area contributed by atoms with E-state index in [1.165, 1.54) is 6.42 Å². The standard InChI is InChI=1S/C6H11NO/c1-7-3-6-2-5(7)4-8-6/h5-6H,2-4H2,1H3. The average molecular weight is 113 g/mol. The Balaban J connectivity index is 2.11. The SMILES string of the molecule is CN1CC2CC1CO2. The van der Waals surface area contributed by atoms with Crippen LogP contribution in [0.15, 0.2) is 0 Å². The topological polar surface area (TPSA) is 12.5 Å². The number of likely N-dealkylation sites (tertiary alicyclic amines) is 1. The number of fused-ring (bicyclic) bond motifs is 2. The lowest BCUT2D eigenvalue weighted by molar-refractivity contribution is 0.0416. The zero-order valence-corrected chi connectivity index (χ0v) is 5.13. The molecule has 0 aromatic rings. The second-order valence-corrected chi connectivity index (χ2v) is 2.78. The molecule has 0 aliphatic carbocycles. The number of morpholine rings is 1. The molecule has 46 valence electrons. The maximum atomic E-state index is 5.38. The number of likely N-dealkylation sites (N-methyl/N-ethyl adjacent to an activating group) is 1. The van der Waals surface area contributed by atoms with E-state index in [0.29, 0.717) is 6.10 Å². The largest absolute Gasteiger partial charge is 0.375 e. The summed E-state index contributed by atoms with van der Waals surface area (Å²) in [7, 11) is 2.17. The van der Waals surface area contributed by atoms with Gasteiger partial charge in [-0.05, 0) is 13.5 Å². The lowest BCUT2D eigenvalue weighted by Crippen LogP contribution is -2.33. The molecule has 0 amide bonds. The van der Waals surface area contributed by atoms with Gasteiger partial charge in [0, 0.05) is 12.6 Å². The minimum Gasteiger partial charge on any atom is -0.375 e. The first-order chi connectivity index (χ1) is 3.86. The summed E-state index contributed by atoms with van der Waals surface area (Å²) in [6.45, 7) is 2.13. The van der Waals surface area contributed by atoms with Gasteiger partial charge < -0.3 is 4.74 Å². The molecule has 2 nitrogen and oxygen atoms in total. The quantitative estimate of drug-likeness (QED) is 0.441. The van der Waals surface area contributed by atoms with Crippen LogP contribution in [0.1, 0.15) is 6.42 Å². The van der Waals surface area contributed by atoms with Gasteiger partial charge in [0.15, 0.2) is 0 Å². The Hall–Kier alpha value is -0.0800. The van der Waals surface area contributed by atoms with E-state index in [2.05, 4.69) is 11.9 Å². The van der Waals surface area contributed by atoms with E-state index in [1.807, 2.05) is 0 Å². The van der Waals surface area contributed by atoms with Gasteiger partial charge in [0.2, 0.25) is 0 Å². The van der Waals surface area contributed by atoms with Crippen LogP contribution >= 0.6 is 0 Å². The monoisotopic (exact) mass is 113 g/mol. The van der Waals surface area contributed by atoms with Gasteiger partial charge in [0.05, 0.1) is 12.7 Å². The smallest absolute Gasteiger partial charge is 0.0718 e. The fourth-order valence-electron chi connectivity index (χ4n) is 1.59. The van der Waals surface area contributed by atoms with Crippen LogP contribution in [-0.4, -0.2) is 37.2 Å². The molecular formula is C6H11NO. The van der Waals surface area contributed by atoms with Gasteiger partial charge in [-0.1, -0.05) is 0 Å². The molecule has 2 aliphatic rings. The predicted molar refractivity (Wildman–Crippen MR) is 30.8 cm³/mol. The van der Waals surface area contributed by atoms with Crippen LogP contribution in [0.25, 0.3) is 0 Å². The Morgan fingerprint density at radius 3 is 2.75 bits per heavy atom. The van der Waals surface area contributed by atoms with Crippen LogP contribution in [-0.2, 0) is 4.74 Å². The third kappa shape index (κ3) is 0.501. The molecule has 0 spiro atoms. The molecule has 0 saturated carbocycles. The second-order valence-electron chi connectivity index (χ2n) is 2.78. The van der Waals surface area contributed by atoms with Crippen molar-refractivity contribution in [3.63, 3.8) is 0 Å². The van der Waals surface area contributed by atoms with Crippen molar-refractivity contribution in [1.82, 2.24) is 4.90 Å². The second kappa shape index (κ2) is 1.45. The van der Waals surface area contributed by atoms with Gasteiger partial charge in [-0.2, -0.15) is 0 Å². The third-order valence-corrected chi connectivity index (χ3v) is 2.17. The number of nitrogens with zero attached hydrogens (tertiary/aromatic N) is 1. The van der Waals surface area contributed by atoms with E-state index in [0.717, 1.165) is 19.2 Å². The summed E-state index contributed by atoms with van der Waals surface area (Å²) < 4.78 is 5.38. The van der Waals surface area contributed by atoms with Crippen LogP contribution < -0.4 is 0 Å². The van der Waals surface area contributed by atoms with Crippen molar-refractivity contribution in [3.8, 4) is 0 Å². The zero-order valence-electron chi connectivity index (χ0n) is 5.13. The minimum atomic E-state index is 0.574. The summed E-state index contributed by atoms with van der Waals surface area (Å²) in [5.74, 6) is 0. The molecule has 2 unspecified atom stereocenters. The van der Waals surface area contributed by atoms with Gasteiger partial charge >= 0.3 is 0 Å². The van der Waals surface area contributed by atoms with Crippen molar-refractivity contribution in [2.45, 2.75) is 18.6 Å². The Kier molecular flexibility index (Phi) is 0.866. The number of rotatable bonds is 0. The fourth-order valence-corrected chi connectivity index (χ4v) is 1.59. The highest BCUT2D eigenvalue weighted by Crippen LogP contribution is 2.25. The average Bonchev–Trinajstić information content (AvgIpc) is 2.23. The van der Waals surface area contributed by atoms with E-state index >= 15 is 0 Å². The molecule has 8 heavy (non-hydrogen) atoms. The molecule has 2 atom stereocenters. The van der Waals surface area contributed by atoms with E-state index in [4.69, 9.17) is 4.74 Å². The number of ether oxygens (including phenoxy) is 1. The Morgan fingerprint density at radius 1 is 1.62 bits per heavy atom. The molecule has 2 fully saturated rings. The molecular weight excluding hydrogens is 102 g/mol. The maximum absolute atomic E-state index is 5.38. The highest BCUT2D eigenvalue weighted by Gasteiger charge is 2.36. The summed E-state index contributed by atoms with van der Waals surface area (Å²) in [5, 5.41) is 0. The Labute approximate surface area is 49.4 Å². The van der Waals surface area contributed by atoms with E-state index in [-0.39, 0.29) is 0 Å². The van der Waals surface area contributed by atoms with Crippen LogP contribution in [0.2, 0.25) is 0 Å². The predicted octanol–water partition coefficient (Wildman–Crippen LogP) is 0.0893. The molecule has 0 aromatic heterocycles. The van der Waals surface area contributed by atoms with Crippen molar-refractivity contribution in [2.24, 2.45) is 0 Å². The van der Waals surface area contributed by atoms with Crippen molar-refractivity contribution in [3.05, 3.63) is 0 Å². The number of hydrogen-bond donors (Lipinski definition) is 0. The third-order valence-electron chi connectivity index (χ3n) is 2.17. The number of hydrogen-bond acceptors (Lipinski definition) is 2. The van der Waals surface area contributed by atoms with Crippen molar-refractivity contribution in [2.75, 3.05) is 20.2 Å². The van der Waals surface area contributed by atoms with Crippen LogP contribution in [0.4, 0.5) is 0 Å². The van der Waals surface area contributed by atoms with E-state index in [1.54, 1.807) is 0 Å². The van der Waals surface area contributed by atoms with Crippen LogP contribution in [0.3, 0.4) is 0 Å². The molecule has 2 rings (SSSR count). The summed E-state index contributed by atoms with van der Waals surface area (Å²) in [5.41, 5.74) is 0. The van der Waals surface area contributed by atoms with Crippen LogP contribution in [0.5, 0.6) is 0 Å². The van der Waals surface area contributed by atoms with Crippen molar-refractivity contribution < 1.29 is 4.74 Å². The van der Waals surface area contributed by atoms with Crippen molar-refractivity contribution >= 4 is 0 Å². The molecule has 2 heterocycles. The normalized spacial score (nSPS) is 46.1. The lowest BCUT2D eigenvalue weighted by atomic mass is 10.2. The lowest BCUT2D eigenvalue weighted by Gasteiger charge is -2.21. The first-order valence-electron chi connectivity index (χ1n) is 3.18. The molecule has 2 heteroatoms. The van der Waals surface area contributed by atoms with Crippen molar-refractivity contribution in [1.29, 1.82) is 0 Å². The Morgan fingerprint density at radius 2 is 2.50 bits per heavy atom. The zero-order chi connectivity index (χ0) is 5.56. The maximum Gasteiger partial charge on any atom is 0.0718 e. The van der Waals surface area contributed by atoms with Gasteiger partial charge in [-0.3, -0.25) is 4.90 Å². The molecule has 2 aliphatic heterocycles. The fraction of sp³-hybridized carbons (Fsp3) is 1.00. The first-order valence-corrected chi connectivity index (χ1v) is 3.18. The summed E-state index contributed by atoms with van der Waals surface area (Å²) in [6.07, 6.45) is 1.85. The van der Waals surface area contributed by atoms with Gasteiger partial charge in [-0.25, -0.2) is 0 Å². The molecule has 0 N–H and O–H groups in total. The van der Waals surface area contributed by atoms with E-state index in [9.17, 15) is 0 Å². The first kappa shape index (κ1) is 4.77. The van der Waals surface area contributed by atoms with Crippen LogP contribution in [0, 0.1) is 0 Å². The summed E-state index contributed by atoms with van der Waals surface area (Å²) >= 11 is 0. The van der Waals surface area contributed by atoms with Gasteiger partial charge in [-0.15, -0.1) is 0 Å². The van der Waals surface area contributed by atoms with Gasteiger partial charge in [0.25, 0.3) is 0 Å². The van der Waals surface area contributed by atoms with Gasteiger partial charge in [0.1, 0.15) is 0 Å². The molecule has 2 saturated heterocycles. The van der Waals surface area contributed by atoms with E-state index < -0.39 is 0 Å². The molecule has 2 bridgehead atoms. The highest BCUT2D eigenvalue weighted by molar-refractivity contribution is 4.89. The Bertz CT molecular complexity index is 103.